The van der Waals surface area contributed by atoms with Crippen molar-refractivity contribution in [2.75, 3.05) is 13.7 Å². The number of alkyl halides is 1. The van der Waals surface area contributed by atoms with Gasteiger partial charge in [-0.25, -0.2) is 8.78 Å². The number of esters is 1. The first-order valence-electron chi connectivity index (χ1n) is 5.36. The molecule has 1 unspecified atom stereocenters. The van der Waals surface area contributed by atoms with Gasteiger partial charge in [0.15, 0.2) is 11.6 Å². The molecule has 1 aromatic carbocycles. The molecule has 4 nitrogen and oxygen atoms in total. The van der Waals surface area contributed by atoms with Crippen molar-refractivity contribution in [1.82, 2.24) is 5.32 Å². The number of nitrogens with one attached hydrogen (secondary N) is 1. The second kappa shape index (κ2) is 7.37. The average molecular weight is 383 g/mol. The summed E-state index contributed by atoms with van der Waals surface area (Å²) in [5.74, 6) is -2.76. The fourth-order valence-corrected chi connectivity index (χ4v) is 1.79. The predicted molar refractivity (Wildman–Crippen MR) is 72.9 cm³/mol. The molecule has 0 heterocycles. The van der Waals surface area contributed by atoms with Gasteiger partial charge in [-0.05, 0) is 17.7 Å². The Bertz CT molecular complexity index is 482. The van der Waals surface area contributed by atoms with Crippen LogP contribution in [0.15, 0.2) is 18.2 Å². The monoisotopic (exact) mass is 383 g/mol. The fraction of sp³-hybridized carbons (Fsp3) is 0.333. The number of hydrogen-bond donors (Lipinski definition) is 1. The third kappa shape index (κ3) is 5.09. The highest BCUT2D eigenvalue weighted by Gasteiger charge is 2.16. The summed E-state index contributed by atoms with van der Waals surface area (Å²) in [6.45, 7) is 0.121. The van der Waals surface area contributed by atoms with Crippen LogP contribution in [-0.4, -0.2) is 29.5 Å². The van der Waals surface area contributed by atoms with Gasteiger partial charge in [-0.2, -0.15) is 0 Å². The molecular weight excluding hydrogens is 371 g/mol. The number of hydrogen-bond acceptors (Lipinski definition) is 3. The number of halogens is 3. The molecule has 0 saturated carbocycles. The lowest BCUT2D eigenvalue weighted by Gasteiger charge is -2.09. The molecule has 1 rings (SSSR count). The molecule has 0 aliphatic carbocycles. The Balaban J connectivity index is 2.47. The Hall–Kier alpha value is -1.25. The van der Waals surface area contributed by atoms with E-state index in [1.165, 1.54) is 13.2 Å². The van der Waals surface area contributed by atoms with Crippen molar-refractivity contribution in [2.24, 2.45) is 0 Å². The van der Waals surface area contributed by atoms with Gasteiger partial charge in [0.2, 0.25) is 5.91 Å². The van der Waals surface area contributed by atoms with Crippen molar-refractivity contribution in [2.45, 2.75) is 10.3 Å². The summed E-state index contributed by atoms with van der Waals surface area (Å²) in [6.07, 6.45) is -0.0816. The minimum Gasteiger partial charge on any atom is -0.468 e. The van der Waals surface area contributed by atoms with Crippen LogP contribution in [0.25, 0.3) is 0 Å². The zero-order chi connectivity index (χ0) is 14.4. The lowest BCUT2D eigenvalue weighted by Crippen LogP contribution is -2.34. The summed E-state index contributed by atoms with van der Waals surface area (Å²) in [5, 5.41) is 2.52. The quantitative estimate of drug-likeness (QED) is 0.478. The van der Waals surface area contributed by atoms with Crippen LogP contribution >= 0.6 is 22.6 Å². The highest BCUT2D eigenvalue weighted by molar-refractivity contribution is 14.1. The second-order valence-electron chi connectivity index (χ2n) is 3.72. The van der Waals surface area contributed by atoms with E-state index in [1.807, 2.05) is 22.6 Å². The molecule has 7 heteroatoms. The van der Waals surface area contributed by atoms with Gasteiger partial charge >= 0.3 is 5.97 Å². The highest BCUT2D eigenvalue weighted by Crippen LogP contribution is 2.09. The van der Waals surface area contributed by atoms with Gasteiger partial charge in [0, 0.05) is 6.54 Å². The molecule has 1 amide bonds. The number of carbonyl (C=O) groups excluding carboxylic acids is 2. The number of ether oxygens (including phenoxy) is 1. The normalized spacial score (nSPS) is 11.8. The molecule has 0 radical (unpaired) electrons. The summed E-state index contributed by atoms with van der Waals surface area (Å²) in [5.41, 5.74) is 0.361. The van der Waals surface area contributed by atoms with Crippen LogP contribution in [0, 0.1) is 11.6 Å². The molecule has 1 aromatic rings. The van der Waals surface area contributed by atoms with Gasteiger partial charge < -0.3 is 10.1 Å². The first kappa shape index (κ1) is 15.8. The number of amides is 1. The third-order valence-electron chi connectivity index (χ3n) is 2.28. The van der Waals surface area contributed by atoms with Gasteiger partial charge in [-0.1, -0.05) is 28.7 Å². The molecule has 19 heavy (non-hydrogen) atoms. The number of benzene rings is 1. The van der Waals surface area contributed by atoms with E-state index < -0.39 is 21.5 Å². The first-order chi connectivity index (χ1) is 8.93. The summed E-state index contributed by atoms with van der Waals surface area (Å²) < 4.78 is 29.6. The molecule has 0 fully saturated rings. The molecule has 0 saturated heterocycles. The minimum absolute atomic E-state index is 0.0816. The van der Waals surface area contributed by atoms with Gasteiger partial charge in [0.25, 0.3) is 0 Å². The van der Waals surface area contributed by atoms with E-state index in [4.69, 9.17) is 0 Å². The lowest BCUT2D eigenvalue weighted by atomic mass is 10.1. The van der Waals surface area contributed by atoms with E-state index in [0.29, 0.717) is 5.56 Å². The SMILES string of the molecule is COC(=O)C(I)CNC(=O)Cc1ccc(F)c(F)c1. The number of rotatable bonds is 5. The Morgan fingerprint density at radius 1 is 1.37 bits per heavy atom. The fourth-order valence-electron chi connectivity index (χ4n) is 1.31. The van der Waals surface area contributed by atoms with Crippen molar-refractivity contribution in [3.05, 3.63) is 35.4 Å². The summed E-state index contributed by atoms with van der Waals surface area (Å²) in [4.78, 5) is 22.6. The van der Waals surface area contributed by atoms with Crippen molar-refractivity contribution < 1.29 is 23.1 Å². The molecule has 0 spiro atoms. The third-order valence-corrected chi connectivity index (χ3v) is 3.23. The van der Waals surface area contributed by atoms with E-state index in [1.54, 1.807) is 0 Å². The van der Waals surface area contributed by atoms with Crippen molar-refractivity contribution in [1.29, 1.82) is 0 Å². The van der Waals surface area contributed by atoms with Crippen LogP contribution in [0.5, 0.6) is 0 Å². The maximum atomic E-state index is 12.9. The van der Waals surface area contributed by atoms with Crippen LogP contribution in [0.2, 0.25) is 0 Å². The van der Waals surface area contributed by atoms with Gasteiger partial charge in [-0.15, -0.1) is 0 Å². The van der Waals surface area contributed by atoms with E-state index >= 15 is 0 Å². The van der Waals surface area contributed by atoms with E-state index in [2.05, 4.69) is 10.1 Å². The Kier molecular flexibility index (Phi) is 6.13. The smallest absolute Gasteiger partial charge is 0.320 e. The molecular formula is C12H12F2INO3. The molecule has 1 N–H and O–H groups in total. The summed E-state index contributed by atoms with van der Waals surface area (Å²) >= 11 is 1.84. The number of carbonyl (C=O) groups is 2. The highest BCUT2D eigenvalue weighted by atomic mass is 127. The van der Waals surface area contributed by atoms with Crippen LogP contribution in [0.1, 0.15) is 5.56 Å². The van der Waals surface area contributed by atoms with Crippen LogP contribution in [0.4, 0.5) is 8.78 Å². The number of methoxy groups -OCH3 is 1. The van der Waals surface area contributed by atoms with Crippen LogP contribution in [-0.2, 0) is 20.7 Å². The maximum absolute atomic E-state index is 12.9. The Morgan fingerprint density at radius 2 is 2.05 bits per heavy atom. The van der Waals surface area contributed by atoms with Crippen molar-refractivity contribution >= 4 is 34.5 Å². The molecule has 1 atom stereocenters. The molecule has 0 aromatic heterocycles. The Morgan fingerprint density at radius 3 is 2.63 bits per heavy atom. The zero-order valence-electron chi connectivity index (χ0n) is 10.1. The first-order valence-corrected chi connectivity index (χ1v) is 6.61. The molecule has 0 bridgehead atoms. The molecule has 104 valence electrons. The van der Waals surface area contributed by atoms with Crippen molar-refractivity contribution in [3.8, 4) is 0 Å². The lowest BCUT2D eigenvalue weighted by molar-refractivity contribution is -0.139. The van der Waals surface area contributed by atoms with E-state index in [-0.39, 0.29) is 18.9 Å². The molecule has 0 aliphatic rings. The predicted octanol–water partition coefficient (Wildman–Crippen LogP) is 1.60. The van der Waals surface area contributed by atoms with Crippen LogP contribution < -0.4 is 5.32 Å². The maximum Gasteiger partial charge on any atom is 0.320 e. The standard InChI is InChI=1S/C12H12F2INO3/c1-19-12(18)10(15)6-16-11(17)5-7-2-3-8(13)9(14)4-7/h2-4,10H,5-6H2,1H3,(H,16,17). The van der Waals surface area contributed by atoms with Crippen molar-refractivity contribution in [3.63, 3.8) is 0 Å². The summed E-state index contributed by atoms with van der Waals surface area (Å²) in [7, 11) is 1.26. The van der Waals surface area contributed by atoms with E-state index in [0.717, 1.165) is 12.1 Å². The topological polar surface area (TPSA) is 55.4 Å². The molecule has 0 aliphatic heterocycles. The average Bonchev–Trinajstić information content (AvgIpc) is 2.39. The second-order valence-corrected chi connectivity index (χ2v) is 5.22. The van der Waals surface area contributed by atoms with Gasteiger partial charge in [-0.3, -0.25) is 9.59 Å². The van der Waals surface area contributed by atoms with Gasteiger partial charge in [0.1, 0.15) is 3.92 Å². The summed E-state index contributed by atoms with van der Waals surface area (Å²) in [6, 6.07) is 3.27. The van der Waals surface area contributed by atoms with Crippen LogP contribution in [0.3, 0.4) is 0 Å². The van der Waals surface area contributed by atoms with Gasteiger partial charge in [0.05, 0.1) is 13.5 Å². The van der Waals surface area contributed by atoms with E-state index in [9.17, 15) is 18.4 Å². The Labute approximate surface area is 122 Å². The minimum atomic E-state index is -0.994. The zero-order valence-corrected chi connectivity index (χ0v) is 12.2. The largest absolute Gasteiger partial charge is 0.468 e.